The summed E-state index contributed by atoms with van der Waals surface area (Å²) in [5.41, 5.74) is 2.80. The third kappa shape index (κ3) is 3.53. The van der Waals surface area contributed by atoms with Gasteiger partial charge < -0.3 is 15.2 Å². The zero-order valence-electron chi connectivity index (χ0n) is 21.0. The minimum Gasteiger partial charge on any atom is -0.345 e. The van der Waals surface area contributed by atoms with Gasteiger partial charge in [0.25, 0.3) is 0 Å². The number of rotatable bonds is 4. The van der Waals surface area contributed by atoms with E-state index < -0.39 is 0 Å². The van der Waals surface area contributed by atoms with Gasteiger partial charge in [0.2, 0.25) is 5.95 Å². The fourth-order valence-corrected chi connectivity index (χ4v) is 5.99. The molecule has 9 heteroatoms. The second-order valence-electron chi connectivity index (χ2n) is 10.3. The quantitative estimate of drug-likeness (QED) is 0.579. The van der Waals surface area contributed by atoms with E-state index in [2.05, 4.69) is 69.9 Å². The van der Waals surface area contributed by atoms with E-state index in [4.69, 9.17) is 0 Å². The molecule has 0 bridgehead atoms. The van der Waals surface area contributed by atoms with Crippen molar-refractivity contribution in [2.45, 2.75) is 36.8 Å². The number of nitrogens with one attached hydrogen (secondary N) is 2. The molecule has 6 rings (SSSR count). The third-order valence-corrected chi connectivity index (χ3v) is 8.19. The molecule has 0 atom stereocenters. The summed E-state index contributed by atoms with van der Waals surface area (Å²) in [6.07, 6.45) is 13.1. The third-order valence-electron chi connectivity index (χ3n) is 8.19. The van der Waals surface area contributed by atoms with Crippen molar-refractivity contribution in [3.8, 4) is 0 Å². The largest absolute Gasteiger partial charge is 0.345 e. The highest BCUT2D eigenvalue weighted by molar-refractivity contribution is 5.95. The number of benzene rings is 1. The summed E-state index contributed by atoms with van der Waals surface area (Å²) in [4.78, 5) is 28.4. The number of carbonyl (C=O) groups excluding carboxylic acids is 1. The highest BCUT2D eigenvalue weighted by atomic mass is 16.2. The molecule has 0 unspecified atom stereocenters. The van der Waals surface area contributed by atoms with Crippen LogP contribution in [0.25, 0.3) is 0 Å². The smallest absolute Gasteiger partial charge is 0.322 e. The van der Waals surface area contributed by atoms with Gasteiger partial charge in [0.1, 0.15) is 5.82 Å². The number of fused-ring (bicyclic) bond motifs is 1. The molecule has 1 saturated heterocycles. The van der Waals surface area contributed by atoms with Crippen molar-refractivity contribution in [2.24, 2.45) is 7.05 Å². The molecule has 9 nitrogen and oxygen atoms in total. The topological polar surface area (TPSA) is 81.6 Å². The summed E-state index contributed by atoms with van der Waals surface area (Å²) in [5, 5.41) is 6.57. The van der Waals surface area contributed by atoms with E-state index in [-0.39, 0.29) is 17.1 Å². The molecule has 2 amide bonds. The Labute approximate surface area is 211 Å². The maximum atomic E-state index is 13.1. The normalized spacial score (nSPS) is 25.3. The number of aromatic nitrogens is 3. The number of carbonyl (C=O) groups is 1. The van der Waals surface area contributed by atoms with Crippen LogP contribution in [0.4, 0.5) is 27.9 Å². The Hall–Kier alpha value is -3.85. The van der Waals surface area contributed by atoms with Crippen LogP contribution in [0.5, 0.6) is 0 Å². The molecule has 0 radical (unpaired) electrons. The van der Waals surface area contributed by atoms with Crippen LogP contribution >= 0.6 is 0 Å². The van der Waals surface area contributed by atoms with Crippen LogP contribution in [0, 0.1) is 0 Å². The number of hydrogen-bond acceptors (Lipinski definition) is 6. The van der Waals surface area contributed by atoms with Gasteiger partial charge in [-0.1, -0.05) is 30.3 Å². The summed E-state index contributed by atoms with van der Waals surface area (Å²) >= 11 is 0. The van der Waals surface area contributed by atoms with E-state index in [0.717, 1.165) is 37.2 Å². The van der Waals surface area contributed by atoms with Crippen LogP contribution in [0.3, 0.4) is 0 Å². The Bertz CT molecular complexity index is 1290. The zero-order chi connectivity index (χ0) is 24.9. The second kappa shape index (κ2) is 8.37. The number of aryl methyl sites for hydroxylation is 1. The fraction of sp³-hybridized carbons (Fsp3) is 0.370. The monoisotopic (exact) mass is 484 g/mol. The summed E-state index contributed by atoms with van der Waals surface area (Å²) in [7, 11) is 6.31. The molecule has 1 spiro atoms. The Kier molecular flexibility index (Phi) is 5.26. The van der Waals surface area contributed by atoms with Crippen LogP contribution in [-0.4, -0.2) is 51.6 Å². The van der Waals surface area contributed by atoms with E-state index in [1.165, 1.54) is 5.56 Å². The van der Waals surface area contributed by atoms with Crippen molar-refractivity contribution in [3.63, 3.8) is 0 Å². The van der Waals surface area contributed by atoms with Gasteiger partial charge in [-0.3, -0.25) is 14.7 Å². The molecule has 3 aromatic rings. The fourth-order valence-electron chi connectivity index (χ4n) is 5.99. The van der Waals surface area contributed by atoms with Crippen molar-refractivity contribution in [1.29, 1.82) is 0 Å². The van der Waals surface area contributed by atoms with E-state index in [0.29, 0.717) is 18.2 Å². The van der Waals surface area contributed by atoms with E-state index in [9.17, 15) is 4.79 Å². The first-order valence-corrected chi connectivity index (χ1v) is 12.4. The Morgan fingerprint density at radius 3 is 2.42 bits per heavy atom. The average molecular weight is 485 g/mol. The summed E-state index contributed by atoms with van der Waals surface area (Å²) < 4.78 is 2.02. The predicted octanol–water partition coefficient (Wildman–Crippen LogP) is 4.15. The van der Waals surface area contributed by atoms with E-state index >= 15 is 0 Å². The van der Waals surface area contributed by atoms with Gasteiger partial charge in [0.05, 0.1) is 35.9 Å². The zero-order valence-corrected chi connectivity index (χ0v) is 21.0. The molecule has 2 aliphatic heterocycles. The van der Waals surface area contributed by atoms with Gasteiger partial charge in [-0.25, -0.2) is 14.8 Å². The van der Waals surface area contributed by atoms with Crippen LogP contribution in [-0.2, 0) is 12.6 Å². The molecule has 2 N–H and O–H groups in total. The van der Waals surface area contributed by atoms with E-state index in [1.54, 1.807) is 17.3 Å². The van der Waals surface area contributed by atoms with Crippen LogP contribution in [0.2, 0.25) is 0 Å². The van der Waals surface area contributed by atoms with E-state index in [1.807, 2.05) is 41.2 Å². The maximum absolute atomic E-state index is 13.1. The molecular formula is C27H32N8O. The van der Waals surface area contributed by atoms with Gasteiger partial charge in [-0.05, 0) is 51.4 Å². The molecule has 2 aromatic heterocycles. The Morgan fingerprint density at radius 1 is 1.00 bits per heavy atom. The van der Waals surface area contributed by atoms with Gasteiger partial charge in [-0.15, -0.1) is 0 Å². The molecule has 4 heterocycles. The molecule has 2 fully saturated rings. The van der Waals surface area contributed by atoms with Crippen molar-refractivity contribution in [3.05, 3.63) is 73.0 Å². The highest BCUT2D eigenvalue weighted by Crippen LogP contribution is 2.46. The first-order chi connectivity index (χ1) is 17.4. The molecule has 186 valence electrons. The minimum atomic E-state index is -0.232. The maximum Gasteiger partial charge on any atom is 0.322 e. The summed E-state index contributed by atoms with van der Waals surface area (Å²) in [6, 6.07) is 12.7. The summed E-state index contributed by atoms with van der Waals surface area (Å²) in [5.74, 6) is 1.54. The Morgan fingerprint density at radius 2 is 1.72 bits per heavy atom. The lowest BCUT2D eigenvalue weighted by Gasteiger charge is -2.48. The van der Waals surface area contributed by atoms with Crippen LogP contribution in [0.15, 0.2) is 67.4 Å². The van der Waals surface area contributed by atoms with Crippen molar-refractivity contribution >= 4 is 29.2 Å². The Balaban J connectivity index is 1.19. The minimum absolute atomic E-state index is 0.0114. The molecule has 1 aromatic carbocycles. The highest BCUT2D eigenvalue weighted by Gasteiger charge is 2.50. The molecular weight excluding hydrogens is 452 g/mol. The van der Waals surface area contributed by atoms with Crippen molar-refractivity contribution < 1.29 is 4.79 Å². The number of nitrogens with zero attached hydrogens (tertiary/aromatic N) is 6. The number of amides is 2. The second-order valence-corrected chi connectivity index (χ2v) is 10.3. The number of urea groups is 1. The van der Waals surface area contributed by atoms with Gasteiger partial charge >= 0.3 is 6.03 Å². The lowest BCUT2D eigenvalue weighted by molar-refractivity contribution is 0.0658. The van der Waals surface area contributed by atoms with Crippen molar-refractivity contribution in [1.82, 2.24) is 24.8 Å². The van der Waals surface area contributed by atoms with Gasteiger partial charge in [0, 0.05) is 31.2 Å². The molecule has 36 heavy (non-hydrogen) atoms. The van der Waals surface area contributed by atoms with Crippen molar-refractivity contribution in [2.75, 3.05) is 35.8 Å². The SMILES string of the molecule is CN(C)C1(c2ccccc2)CCC2(CC1)CN(c1cnc(N3C=CNc4c3ccn4C)nc1)C(=O)N2. The predicted molar refractivity (Wildman–Crippen MR) is 141 cm³/mol. The van der Waals surface area contributed by atoms with Gasteiger partial charge in [0.15, 0.2) is 0 Å². The lowest BCUT2D eigenvalue weighted by Crippen LogP contribution is -2.54. The van der Waals surface area contributed by atoms with Crippen LogP contribution < -0.4 is 20.4 Å². The van der Waals surface area contributed by atoms with Gasteiger partial charge in [-0.2, -0.15) is 0 Å². The molecule has 1 aliphatic carbocycles. The van der Waals surface area contributed by atoms with Crippen LogP contribution in [0.1, 0.15) is 31.2 Å². The first kappa shape index (κ1) is 22.6. The number of hydrogen-bond donors (Lipinski definition) is 2. The standard InChI is InChI=1S/C27H32N8O/c1-32(2)27(20-7-5-4-6-8-20)12-10-26(11-13-27)19-35(25(36)31-26)21-17-29-24(30-18-21)34-16-14-28-23-22(34)9-15-33(23)3/h4-9,14-18,28H,10-13,19H2,1-3H3,(H,31,36). The number of anilines is 4. The lowest BCUT2D eigenvalue weighted by atomic mass is 9.69. The summed E-state index contributed by atoms with van der Waals surface area (Å²) in [6.45, 7) is 0.628. The molecule has 1 saturated carbocycles. The molecule has 3 aliphatic rings. The average Bonchev–Trinajstić information content (AvgIpc) is 3.44. The first-order valence-electron chi connectivity index (χ1n) is 12.4.